The summed E-state index contributed by atoms with van der Waals surface area (Å²) < 4.78 is 0. The maximum absolute atomic E-state index is 3.49. The number of hydrogen-bond acceptors (Lipinski definition) is 0. The molecule has 0 nitrogen and oxygen atoms in total. The van der Waals surface area contributed by atoms with Crippen molar-refractivity contribution in [1.29, 1.82) is 0 Å². The van der Waals surface area contributed by atoms with Crippen molar-refractivity contribution in [2.45, 2.75) is 38.9 Å². The lowest BCUT2D eigenvalue weighted by atomic mass is 10.1. The van der Waals surface area contributed by atoms with Crippen molar-refractivity contribution in [2.24, 2.45) is 0 Å². The summed E-state index contributed by atoms with van der Waals surface area (Å²) in [5, 5.41) is 0.922. The third kappa shape index (κ3) is 5.88. The molecule has 0 heterocycles. The van der Waals surface area contributed by atoms with Crippen molar-refractivity contribution in [1.82, 2.24) is 0 Å². The van der Waals surface area contributed by atoms with Gasteiger partial charge in [0.15, 0.2) is 0 Å². The van der Waals surface area contributed by atoms with Gasteiger partial charge >= 0.3 is 0 Å². The highest BCUT2D eigenvalue weighted by Gasteiger charge is 1.94. The van der Waals surface area contributed by atoms with Crippen molar-refractivity contribution in [3.63, 3.8) is 0 Å². The zero-order valence-corrected chi connectivity index (χ0v) is 12.5. The third-order valence-corrected chi connectivity index (χ3v) is 3.26. The van der Waals surface area contributed by atoms with Crippen molar-refractivity contribution in [2.75, 3.05) is 0 Å². The first-order chi connectivity index (χ1) is 8.11. The summed E-state index contributed by atoms with van der Waals surface area (Å²) in [7, 11) is 0. The van der Waals surface area contributed by atoms with Gasteiger partial charge in [-0.05, 0) is 44.7 Å². The predicted molar refractivity (Wildman–Crippen MR) is 81.4 cm³/mol. The summed E-state index contributed by atoms with van der Waals surface area (Å²) in [6.07, 6.45) is 6.86. The lowest BCUT2D eigenvalue weighted by Gasteiger charge is -2.01. The van der Waals surface area contributed by atoms with Crippen molar-refractivity contribution in [3.8, 4) is 0 Å². The Balaban J connectivity index is 2.63. The van der Waals surface area contributed by atoms with Crippen LogP contribution < -0.4 is 0 Å². The van der Waals surface area contributed by atoms with E-state index in [1.165, 1.54) is 22.3 Å². The summed E-state index contributed by atoms with van der Waals surface area (Å²) in [5.41, 5.74) is 5.47. The van der Waals surface area contributed by atoms with Gasteiger partial charge in [-0.3, -0.25) is 0 Å². The number of allylic oxidation sites excluding steroid dienone is 3. The van der Waals surface area contributed by atoms with Crippen molar-refractivity contribution >= 4 is 22.0 Å². The predicted octanol–water partition coefficient (Wildman–Crippen LogP) is 5.73. The average Bonchev–Trinajstić information content (AvgIpc) is 2.28. The first-order valence-corrected chi connectivity index (χ1v) is 7.19. The molecule has 1 aromatic carbocycles. The van der Waals surface area contributed by atoms with E-state index in [9.17, 15) is 0 Å². The molecule has 0 aliphatic heterocycles. The molecule has 0 bridgehead atoms. The summed E-state index contributed by atoms with van der Waals surface area (Å²) in [4.78, 5) is 0. The number of benzene rings is 1. The van der Waals surface area contributed by atoms with E-state index in [1.807, 2.05) is 0 Å². The molecule has 1 aromatic rings. The Labute approximate surface area is 114 Å². The van der Waals surface area contributed by atoms with Crippen LogP contribution in [0, 0.1) is 0 Å². The smallest absolute Gasteiger partial charge is 0.0283 e. The van der Waals surface area contributed by atoms with Gasteiger partial charge in [-0.15, -0.1) is 0 Å². The molecule has 0 aromatic heterocycles. The lowest BCUT2D eigenvalue weighted by molar-refractivity contribution is 0.975. The Hall–Kier alpha value is -0.820. The molecule has 1 rings (SSSR count). The highest BCUT2D eigenvalue weighted by Crippen LogP contribution is 2.15. The van der Waals surface area contributed by atoms with Gasteiger partial charge in [0, 0.05) is 5.33 Å². The van der Waals surface area contributed by atoms with Gasteiger partial charge in [-0.25, -0.2) is 0 Å². The molecule has 92 valence electrons. The Bertz CT molecular complexity index is 409. The highest BCUT2D eigenvalue weighted by atomic mass is 79.9. The fraction of sp³-hybridized carbons (Fsp3) is 0.375. The second-order valence-corrected chi connectivity index (χ2v) is 5.25. The Kier molecular flexibility index (Phi) is 6.28. The fourth-order valence-corrected chi connectivity index (χ4v) is 2.06. The average molecular weight is 293 g/mol. The quantitative estimate of drug-likeness (QED) is 0.480. The fourth-order valence-electron chi connectivity index (χ4n) is 1.71. The van der Waals surface area contributed by atoms with E-state index in [1.54, 1.807) is 0 Å². The van der Waals surface area contributed by atoms with E-state index < -0.39 is 0 Å². The zero-order chi connectivity index (χ0) is 12.7. The third-order valence-electron chi connectivity index (χ3n) is 2.61. The molecule has 0 atom stereocenters. The maximum Gasteiger partial charge on any atom is 0.0283 e. The Morgan fingerprint density at radius 3 is 2.65 bits per heavy atom. The topological polar surface area (TPSA) is 0 Å². The first kappa shape index (κ1) is 14.2. The molecule has 0 unspecified atom stereocenters. The van der Waals surface area contributed by atoms with E-state index in [4.69, 9.17) is 0 Å². The SMILES string of the molecule is CC(C)=CCC/C(C)=C/c1cccc(CBr)c1. The van der Waals surface area contributed by atoms with Gasteiger partial charge < -0.3 is 0 Å². The van der Waals surface area contributed by atoms with Crippen LogP contribution in [0.15, 0.2) is 41.5 Å². The minimum atomic E-state index is 0.922. The molecule has 0 aliphatic carbocycles. The number of hydrogen-bond donors (Lipinski definition) is 0. The van der Waals surface area contributed by atoms with E-state index in [0.29, 0.717) is 0 Å². The van der Waals surface area contributed by atoms with Gasteiger partial charge in [-0.2, -0.15) is 0 Å². The second-order valence-electron chi connectivity index (χ2n) is 4.69. The van der Waals surface area contributed by atoms with Gasteiger partial charge in [0.25, 0.3) is 0 Å². The van der Waals surface area contributed by atoms with Crippen LogP contribution in [0.1, 0.15) is 44.7 Å². The van der Waals surface area contributed by atoms with Crippen LogP contribution in [0.2, 0.25) is 0 Å². The van der Waals surface area contributed by atoms with Crippen LogP contribution in [0.25, 0.3) is 6.08 Å². The van der Waals surface area contributed by atoms with Crippen LogP contribution >= 0.6 is 15.9 Å². The molecule has 0 radical (unpaired) electrons. The summed E-state index contributed by atoms with van der Waals surface area (Å²) in [5.74, 6) is 0. The highest BCUT2D eigenvalue weighted by molar-refractivity contribution is 9.08. The molecule has 0 spiro atoms. The molecule has 0 saturated carbocycles. The molecule has 17 heavy (non-hydrogen) atoms. The van der Waals surface area contributed by atoms with Gasteiger partial charge in [0.05, 0.1) is 0 Å². The number of halogens is 1. The maximum atomic E-state index is 3.49. The van der Waals surface area contributed by atoms with Crippen LogP contribution in [-0.2, 0) is 5.33 Å². The Morgan fingerprint density at radius 1 is 1.24 bits per heavy atom. The molecule has 0 saturated heterocycles. The van der Waals surface area contributed by atoms with Gasteiger partial charge in [0.2, 0.25) is 0 Å². The van der Waals surface area contributed by atoms with Gasteiger partial charge in [0.1, 0.15) is 0 Å². The molecule has 0 aliphatic rings. The molecular weight excluding hydrogens is 272 g/mol. The lowest BCUT2D eigenvalue weighted by Crippen LogP contribution is -1.81. The van der Waals surface area contributed by atoms with Crippen LogP contribution in [0.4, 0.5) is 0 Å². The molecule has 0 N–H and O–H groups in total. The summed E-state index contributed by atoms with van der Waals surface area (Å²) >= 11 is 3.49. The molecular formula is C16H21Br. The summed E-state index contributed by atoms with van der Waals surface area (Å²) in [6.45, 7) is 6.51. The first-order valence-electron chi connectivity index (χ1n) is 6.07. The molecule has 0 fully saturated rings. The second kappa shape index (κ2) is 7.50. The van der Waals surface area contributed by atoms with E-state index >= 15 is 0 Å². The van der Waals surface area contributed by atoms with E-state index in [2.05, 4.69) is 73.1 Å². The molecule has 0 amide bonds. The Morgan fingerprint density at radius 2 is 2.00 bits per heavy atom. The minimum Gasteiger partial charge on any atom is -0.0876 e. The monoisotopic (exact) mass is 292 g/mol. The van der Waals surface area contributed by atoms with Crippen molar-refractivity contribution in [3.05, 3.63) is 52.6 Å². The van der Waals surface area contributed by atoms with Crippen LogP contribution in [0.3, 0.4) is 0 Å². The largest absolute Gasteiger partial charge is 0.0876 e. The van der Waals surface area contributed by atoms with Crippen molar-refractivity contribution < 1.29 is 0 Å². The number of rotatable bonds is 5. The van der Waals surface area contributed by atoms with Gasteiger partial charge in [-0.1, -0.05) is 63.5 Å². The number of alkyl halides is 1. The normalized spacial score (nSPS) is 11.4. The van der Waals surface area contributed by atoms with Crippen LogP contribution in [0.5, 0.6) is 0 Å². The van der Waals surface area contributed by atoms with Crippen LogP contribution in [-0.4, -0.2) is 0 Å². The summed E-state index contributed by atoms with van der Waals surface area (Å²) in [6, 6.07) is 8.66. The standard InChI is InChI=1S/C16H21Br/c1-13(2)6-4-7-14(3)10-15-8-5-9-16(11-15)12-17/h5-6,8-11H,4,7,12H2,1-3H3/b14-10+. The van der Waals surface area contributed by atoms with E-state index in [0.717, 1.165) is 18.2 Å². The van der Waals surface area contributed by atoms with E-state index in [-0.39, 0.29) is 0 Å². The minimum absolute atomic E-state index is 0.922. The molecule has 1 heteroatoms. The zero-order valence-electron chi connectivity index (χ0n) is 11.0.